The zero-order valence-electron chi connectivity index (χ0n) is 13.4. The van der Waals surface area contributed by atoms with E-state index in [1.54, 1.807) is 0 Å². The van der Waals surface area contributed by atoms with Crippen molar-refractivity contribution < 1.29 is 9.15 Å². The van der Waals surface area contributed by atoms with Crippen molar-refractivity contribution in [3.63, 3.8) is 0 Å². The molecule has 116 valence electrons. The third-order valence-corrected chi connectivity index (χ3v) is 3.66. The van der Waals surface area contributed by atoms with Crippen LogP contribution in [0, 0.1) is 6.92 Å². The lowest BCUT2D eigenvalue weighted by Crippen LogP contribution is -2.22. The summed E-state index contributed by atoms with van der Waals surface area (Å²) in [6.07, 6.45) is 3.21. The Morgan fingerprint density at radius 2 is 2.10 bits per heavy atom. The van der Waals surface area contributed by atoms with E-state index < -0.39 is 0 Å². The first-order chi connectivity index (χ1) is 10.2. The molecule has 0 saturated carbocycles. The Balaban J connectivity index is 2.09. The van der Waals surface area contributed by atoms with Gasteiger partial charge in [0, 0.05) is 18.6 Å². The Hall–Kier alpha value is -1.32. The molecule has 0 amide bonds. The summed E-state index contributed by atoms with van der Waals surface area (Å²) in [6.45, 7) is 8.95. The van der Waals surface area contributed by atoms with E-state index in [-0.39, 0.29) is 6.04 Å². The largest absolute Gasteiger partial charge is 0.459 e. The van der Waals surface area contributed by atoms with Crippen molar-refractivity contribution in [3.05, 3.63) is 35.6 Å². The number of hydrogen-bond acceptors (Lipinski definition) is 3. The van der Waals surface area contributed by atoms with Gasteiger partial charge in [-0.15, -0.1) is 0 Å². The van der Waals surface area contributed by atoms with Gasteiger partial charge < -0.3 is 14.5 Å². The molecule has 1 atom stereocenters. The Bertz CT molecular complexity index is 547. The number of furan rings is 1. The topological polar surface area (TPSA) is 34.4 Å². The second kappa shape index (κ2) is 8.20. The average Bonchev–Trinajstić information content (AvgIpc) is 2.89. The summed E-state index contributed by atoms with van der Waals surface area (Å²) in [5.41, 5.74) is 2.24. The van der Waals surface area contributed by atoms with Crippen LogP contribution in [0.5, 0.6) is 0 Å². The number of aryl methyl sites for hydroxylation is 1. The van der Waals surface area contributed by atoms with E-state index in [1.807, 2.05) is 6.92 Å². The highest BCUT2D eigenvalue weighted by Crippen LogP contribution is 2.27. The Kier molecular flexibility index (Phi) is 6.27. The number of ether oxygens (including phenoxy) is 1. The lowest BCUT2D eigenvalue weighted by atomic mass is 10.1. The van der Waals surface area contributed by atoms with Gasteiger partial charge in [-0.3, -0.25) is 0 Å². The summed E-state index contributed by atoms with van der Waals surface area (Å²) >= 11 is 0. The van der Waals surface area contributed by atoms with Crippen LogP contribution >= 0.6 is 0 Å². The Labute approximate surface area is 127 Å². The first-order valence-corrected chi connectivity index (χ1v) is 8.05. The molecular formula is C18H27NO2. The molecule has 3 heteroatoms. The molecule has 0 radical (unpaired) electrons. The van der Waals surface area contributed by atoms with Crippen LogP contribution in [0.3, 0.4) is 0 Å². The number of rotatable bonds is 9. The maximum absolute atomic E-state index is 6.04. The highest BCUT2D eigenvalue weighted by atomic mass is 16.5. The van der Waals surface area contributed by atoms with Crippen LogP contribution in [0.4, 0.5) is 0 Å². The SMILES string of the molecule is CCCNC(CCCOCC)c1cc2cc(C)ccc2o1. The fraction of sp³-hybridized carbons (Fsp3) is 0.556. The summed E-state index contributed by atoms with van der Waals surface area (Å²) in [6, 6.07) is 8.79. The van der Waals surface area contributed by atoms with Gasteiger partial charge in [-0.05, 0) is 57.9 Å². The standard InChI is InChI=1S/C18H27NO2/c1-4-10-19-16(7-6-11-20-5-2)18-13-15-12-14(3)8-9-17(15)21-18/h8-9,12-13,16,19H,4-7,10-11H2,1-3H3. The summed E-state index contributed by atoms with van der Waals surface area (Å²) in [4.78, 5) is 0. The van der Waals surface area contributed by atoms with E-state index in [0.717, 1.165) is 50.4 Å². The molecule has 1 aromatic heterocycles. The fourth-order valence-corrected chi connectivity index (χ4v) is 2.55. The van der Waals surface area contributed by atoms with Crippen LogP contribution in [0.15, 0.2) is 28.7 Å². The maximum Gasteiger partial charge on any atom is 0.134 e. The van der Waals surface area contributed by atoms with Crippen molar-refractivity contribution in [3.8, 4) is 0 Å². The number of benzene rings is 1. The molecule has 0 fully saturated rings. The van der Waals surface area contributed by atoms with Gasteiger partial charge in [-0.25, -0.2) is 0 Å². The van der Waals surface area contributed by atoms with Crippen LogP contribution in [0.2, 0.25) is 0 Å². The number of nitrogens with one attached hydrogen (secondary N) is 1. The smallest absolute Gasteiger partial charge is 0.134 e. The lowest BCUT2D eigenvalue weighted by Gasteiger charge is -2.16. The monoisotopic (exact) mass is 289 g/mol. The molecule has 0 aliphatic carbocycles. The lowest BCUT2D eigenvalue weighted by molar-refractivity contribution is 0.140. The van der Waals surface area contributed by atoms with Crippen LogP contribution in [0.25, 0.3) is 11.0 Å². The summed E-state index contributed by atoms with van der Waals surface area (Å²) < 4.78 is 11.5. The summed E-state index contributed by atoms with van der Waals surface area (Å²) in [7, 11) is 0. The van der Waals surface area contributed by atoms with Crippen molar-refractivity contribution in [1.29, 1.82) is 0 Å². The highest BCUT2D eigenvalue weighted by Gasteiger charge is 2.15. The molecule has 0 aliphatic heterocycles. The molecule has 1 N–H and O–H groups in total. The van der Waals surface area contributed by atoms with E-state index in [1.165, 1.54) is 10.9 Å². The third kappa shape index (κ3) is 4.58. The quantitative estimate of drug-likeness (QED) is 0.685. The molecule has 2 aromatic rings. The molecule has 3 nitrogen and oxygen atoms in total. The van der Waals surface area contributed by atoms with Crippen molar-refractivity contribution in [2.24, 2.45) is 0 Å². The van der Waals surface area contributed by atoms with Gasteiger partial charge in [0.25, 0.3) is 0 Å². The van der Waals surface area contributed by atoms with E-state index in [2.05, 4.69) is 43.4 Å². The minimum atomic E-state index is 0.276. The highest BCUT2D eigenvalue weighted by molar-refractivity contribution is 5.78. The van der Waals surface area contributed by atoms with Gasteiger partial charge in [0.1, 0.15) is 11.3 Å². The minimum Gasteiger partial charge on any atom is -0.459 e. The minimum absolute atomic E-state index is 0.276. The molecule has 1 heterocycles. The zero-order valence-corrected chi connectivity index (χ0v) is 13.4. The second-order valence-electron chi connectivity index (χ2n) is 5.54. The number of hydrogen-bond donors (Lipinski definition) is 1. The summed E-state index contributed by atoms with van der Waals surface area (Å²) in [5, 5.41) is 4.78. The van der Waals surface area contributed by atoms with Gasteiger partial charge in [0.15, 0.2) is 0 Å². The normalized spacial score (nSPS) is 12.9. The average molecular weight is 289 g/mol. The van der Waals surface area contributed by atoms with Gasteiger partial charge in [0.2, 0.25) is 0 Å². The van der Waals surface area contributed by atoms with Crippen LogP contribution in [-0.2, 0) is 4.74 Å². The Morgan fingerprint density at radius 1 is 1.24 bits per heavy atom. The van der Waals surface area contributed by atoms with Crippen LogP contribution in [0.1, 0.15) is 50.5 Å². The molecule has 0 saturated heterocycles. The van der Waals surface area contributed by atoms with Gasteiger partial charge in [0.05, 0.1) is 6.04 Å². The first kappa shape index (κ1) is 16.1. The van der Waals surface area contributed by atoms with Crippen molar-refractivity contribution in [1.82, 2.24) is 5.32 Å². The summed E-state index contributed by atoms with van der Waals surface area (Å²) in [5.74, 6) is 1.04. The predicted octanol–water partition coefficient (Wildman–Crippen LogP) is 4.60. The molecular weight excluding hydrogens is 262 g/mol. The molecule has 21 heavy (non-hydrogen) atoms. The van der Waals surface area contributed by atoms with E-state index >= 15 is 0 Å². The van der Waals surface area contributed by atoms with E-state index in [9.17, 15) is 0 Å². The Morgan fingerprint density at radius 3 is 2.86 bits per heavy atom. The molecule has 0 bridgehead atoms. The van der Waals surface area contributed by atoms with Gasteiger partial charge in [-0.2, -0.15) is 0 Å². The molecule has 0 aliphatic rings. The molecule has 2 rings (SSSR count). The molecule has 0 spiro atoms. The second-order valence-corrected chi connectivity index (χ2v) is 5.54. The maximum atomic E-state index is 6.04. The fourth-order valence-electron chi connectivity index (χ4n) is 2.55. The van der Waals surface area contributed by atoms with Crippen molar-refractivity contribution >= 4 is 11.0 Å². The predicted molar refractivity (Wildman–Crippen MR) is 87.7 cm³/mol. The third-order valence-electron chi connectivity index (χ3n) is 3.66. The molecule has 1 unspecified atom stereocenters. The van der Waals surface area contributed by atoms with Gasteiger partial charge >= 0.3 is 0 Å². The first-order valence-electron chi connectivity index (χ1n) is 8.05. The molecule has 1 aromatic carbocycles. The van der Waals surface area contributed by atoms with E-state index in [4.69, 9.17) is 9.15 Å². The van der Waals surface area contributed by atoms with Gasteiger partial charge in [-0.1, -0.05) is 18.6 Å². The number of fused-ring (bicyclic) bond motifs is 1. The van der Waals surface area contributed by atoms with Crippen LogP contribution in [-0.4, -0.2) is 19.8 Å². The van der Waals surface area contributed by atoms with E-state index in [0.29, 0.717) is 0 Å². The van der Waals surface area contributed by atoms with Crippen molar-refractivity contribution in [2.75, 3.05) is 19.8 Å². The zero-order chi connectivity index (χ0) is 15.1. The van der Waals surface area contributed by atoms with Crippen molar-refractivity contribution in [2.45, 2.75) is 46.1 Å². The van der Waals surface area contributed by atoms with Crippen LogP contribution < -0.4 is 5.32 Å².